The standard InChI is InChI=1S/C11H15N5O/c1-3-12-10-14-9(8-6-5-7-13-8)15-11(16-10)17-4-2/h5-7,13H,3-4H2,1-2H3,(H,12,14,15,16). The van der Waals surface area contributed by atoms with Gasteiger partial charge in [-0.15, -0.1) is 0 Å². The van der Waals surface area contributed by atoms with Crippen LogP contribution in [0.15, 0.2) is 18.3 Å². The monoisotopic (exact) mass is 233 g/mol. The number of H-pyrrole nitrogens is 1. The minimum absolute atomic E-state index is 0.336. The van der Waals surface area contributed by atoms with Gasteiger partial charge in [-0.05, 0) is 26.0 Å². The van der Waals surface area contributed by atoms with Gasteiger partial charge in [-0.25, -0.2) is 0 Å². The number of nitrogens with zero attached hydrogens (tertiary/aromatic N) is 3. The van der Waals surface area contributed by atoms with Crippen LogP contribution in [0.25, 0.3) is 11.5 Å². The average Bonchev–Trinajstić information content (AvgIpc) is 2.83. The Morgan fingerprint density at radius 1 is 1.29 bits per heavy atom. The predicted octanol–water partition coefficient (Wildman–Crippen LogP) is 1.70. The summed E-state index contributed by atoms with van der Waals surface area (Å²) in [5, 5.41) is 3.05. The predicted molar refractivity (Wildman–Crippen MR) is 64.9 cm³/mol. The summed E-state index contributed by atoms with van der Waals surface area (Å²) in [6.07, 6.45) is 1.83. The lowest BCUT2D eigenvalue weighted by Gasteiger charge is -2.06. The zero-order chi connectivity index (χ0) is 12.1. The highest BCUT2D eigenvalue weighted by atomic mass is 16.5. The molecule has 0 aromatic carbocycles. The number of nitrogens with one attached hydrogen (secondary N) is 2. The maximum Gasteiger partial charge on any atom is 0.321 e. The fourth-order valence-electron chi connectivity index (χ4n) is 1.38. The second-order valence-corrected chi connectivity index (χ2v) is 3.31. The quantitative estimate of drug-likeness (QED) is 0.822. The Balaban J connectivity index is 2.37. The molecule has 2 aromatic heterocycles. The largest absolute Gasteiger partial charge is 0.464 e. The number of rotatable bonds is 5. The molecule has 0 aliphatic rings. The van der Waals surface area contributed by atoms with Gasteiger partial charge in [-0.2, -0.15) is 15.0 Å². The van der Waals surface area contributed by atoms with Gasteiger partial charge in [0.2, 0.25) is 5.95 Å². The van der Waals surface area contributed by atoms with Gasteiger partial charge in [0.15, 0.2) is 5.82 Å². The molecule has 0 spiro atoms. The molecule has 0 amide bonds. The van der Waals surface area contributed by atoms with E-state index in [1.807, 2.05) is 32.2 Å². The number of anilines is 1. The Morgan fingerprint density at radius 2 is 2.18 bits per heavy atom. The molecule has 0 saturated heterocycles. The molecule has 6 heteroatoms. The second-order valence-electron chi connectivity index (χ2n) is 3.31. The van der Waals surface area contributed by atoms with Crippen LogP contribution < -0.4 is 10.1 Å². The first-order chi connectivity index (χ1) is 8.33. The summed E-state index contributed by atoms with van der Waals surface area (Å²) in [4.78, 5) is 15.7. The van der Waals surface area contributed by atoms with Crippen molar-refractivity contribution in [2.45, 2.75) is 13.8 Å². The molecule has 0 saturated carbocycles. The summed E-state index contributed by atoms with van der Waals surface area (Å²) in [6, 6.07) is 4.13. The smallest absolute Gasteiger partial charge is 0.321 e. The highest BCUT2D eigenvalue weighted by Gasteiger charge is 2.08. The van der Waals surface area contributed by atoms with Crippen molar-refractivity contribution in [1.82, 2.24) is 19.9 Å². The van der Waals surface area contributed by atoms with E-state index in [2.05, 4.69) is 25.3 Å². The second kappa shape index (κ2) is 5.29. The van der Waals surface area contributed by atoms with Gasteiger partial charge in [0.05, 0.1) is 12.3 Å². The number of aromatic nitrogens is 4. The molecular formula is C11H15N5O. The van der Waals surface area contributed by atoms with Gasteiger partial charge in [-0.1, -0.05) is 0 Å². The molecule has 17 heavy (non-hydrogen) atoms. The summed E-state index contributed by atoms with van der Waals surface area (Å²) in [6.45, 7) is 5.16. The summed E-state index contributed by atoms with van der Waals surface area (Å²) < 4.78 is 5.32. The lowest BCUT2D eigenvalue weighted by molar-refractivity contribution is 0.312. The Labute approximate surface area is 99.5 Å². The van der Waals surface area contributed by atoms with Gasteiger partial charge < -0.3 is 15.0 Å². The molecule has 0 unspecified atom stereocenters. The third-order valence-electron chi connectivity index (χ3n) is 2.06. The summed E-state index contributed by atoms with van der Waals surface area (Å²) in [5.74, 6) is 1.10. The molecule has 2 heterocycles. The van der Waals surface area contributed by atoms with Crippen LogP contribution in [0.3, 0.4) is 0 Å². The Bertz CT molecular complexity index is 444. The van der Waals surface area contributed by atoms with E-state index in [1.54, 1.807) is 0 Å². The minimum Gasteiger partial charge on any atom is -0.464 e. The Hall–Kier alpha value is -2.11. The van der Waals surface area contributed by atoms with E-state index in [0.29, 0.717) is 24.4 Å². The first-order valence-corrected chi connectivity index (χ1v) is 5.60. The van der Waals surface area contributed by atoms with Crippen LogP contribution in [0.5, 0.6) is 6.01 Å². The van der Waals surface area contributed by atoms with Crippen molar-refractivity contribution in [3.8, 4) is 17.5 Å². The maximum absolute atomic E-state index is 5.32. The zero-order valence-electron chi connectivity index (χ0n) is 9.90. The number of ether oxygens (including phenoxy) is 1. The lowest BCUT2D eigenvalue weighted by atomic mass is 10.4. The summed E-state index contributed by atoms with van der Waals surface area (Å²) >= 11 is 0. The topological polar surface area (TPSA) is 75.7 Å². The SMILES string of the molecule is CCNc1nc(OCC)nc(-c2ccc[nH]2)n1. The third kappa shape index (κ3) is 2.72. The normalized spacial score (nSPS) is 10.2. The molecular weight excluding hydrogens is 218 g/mol. The highest BCUT2D eigenvalue weighted by Crippen LogP contribution is 2.16. The van der Waals surface area contributed by atoms with Gasteiger partial charge in [0.1, 0.15) is 0 Å². The zero-order valence-corrected chi connectivity index (χ0v) is 9.90. The van der Waals surface area contributed by atoms with Crippen LogP contribution in [0, 0.1) is 0 Å². The third-order valence-corrected chi connectivity index (χ3v) is 2.06. The first kappa shape index (κ1) is 11.4. The van der Waals surface area contributed by atoms with Crippen molar-refractivity contribution >= 4 is 5.95 Å². The number of aromatic amines is 1. The van der Waals surface area contributed by atoms with Gasteiger partial charge in [0.25, 0.3) is 0 Å². The minimum atomic E-state index is 0.336. The van der Waals surface area contributed by atoms with Crippen molar-refractivity contribution in [3.05, 3.63) is 18.3 Å². The molecule has 0 aliphatic heterocycles. The van der Waals surface area contributed by atoms with E-state index in [0.717, 1.165) is 12.2 Å². The van der Waals surface area contributed by atoms with E-state index in [4.69, 9.17) is 4.74 Å². The van der Waals surface area contributed by atoms with Crippen LogP contribution >= 0.6 is 0 Å². The van der Waals surface area contributed by atoms with E-state index in [1.165, 1.54) is 0 Å². The van der Waals surface area contributed by atoms with E-state index in [-0.39, 0.29) is 0 Å². The molecule has 0 atom stereocenters. The van der Waals surface area contributed by atoms with Crippen LogP contribution in [0.1, 0.15) is 13.8 Å². The van der Waals surface area contributed by atoms with Gasteiger partial charge in [-0.3, -0.25) is 0 Å². The highest BCUT2D eigenvalue weighted by molar-refractivity contribution is 5.51. The molecule has 2 aromatic rings. The van der Waals surface area contributed by atoms with Crippen molar-refractivity contribution in [2.24, 2.45) is 0 Å². The number of hydrogen-bond acceptors (Lipinski definition) is 5. The molecule has 90 valence electrons. The molecule has 2 rings (SSSR count). The molecule has 0 aliphatic carbocycles. The van der Waals surface area contributed by atoms with Crippen LogP contribution in [0.4, 0.5) is 5.95 Å². The fourth-order valence-corrected chi connectivity index (χ4v) is 1.38. The summed E-state index contributed by atoms with van der Waals surface area (Å²) in [5.41, 5.74) is 0.840. The Morgan fingerprint density at radius 3 is 2.82 bits per heavy atom. The number of hydrogen-bond donors (Lipinski definition) is 2. The van der Waals surface area contributed by atoms with Crippen LogP contribution in [-0.2, 0) is 0 Å². The molecule has 0 radical (unpaired) electrons. The summed E-state index contributed by atoms with van der Waals surface area (Å²) in [7, 11) is 0. The van der Waals surface area contributed by atoms with Crippen molar-refractivity contribution < 1.29 is 4.74 Å². The molecule has 2 N–H and O–H groups in total. The van der Waals surface area contributed by atoms with Crippen molar-refractivity contribution in [2.75, 3.05) is 18.5 Å². The molecule has 0 bridgehead atoms. The molecule has 0 fully saturated rings. The van der Waals surface area contributed by atoms with E-state index >= 15 is 0 Å². The van der Waals surface area contributed by atoms with Crippen LogP contribution in [0.2, 0.25) is 0 Å². The van der Waals surface area contributed by atoms with Gasteiger partial charge >= 0.3 is 6.01 Å². The average molecular weight is 233 g/mol. The van der Waals surface area contributed by atoms with Crippen molar-refractivity contribution in [1.29, 1.82) is 0 Å². The van der Waals surface area contributed by atoms with Crippen LogP contribution in [-0.4, -0.2) is 33.1 Å². The van der Waals surface area contributed by atoms with Crippen molar-refractivity contribution in [3.63, 3.8) is 0 Å². The lowest BCUT2D eigenvalue weighted by Crippen LogP contribution is -2.07. The van der Waals surface area contributed by atoms with E-state index in [9.17, 15) is 0 Å². The molecule has 6 nitrogen and oxygen atoms in total. The first-order valence-electron chi connectivity index (χ1n) is 5.60. The Kier molecular flexibility index (Phi) is 3.54. The maximum atomic E-state index is 5.32. The van der Waals surface area contributed by atoms with E-state index < -0.39 is 0 Å². The fraction of sp³-hybridized carbons (Fsp3) is 0.364. The van der Waals surface area contributed by atoms with Gasteiger partial charge in [0, 0.05) is 12.7 Å².